The van der Waals surface area contributed by atoms with Crippen LogP contribution in [0.2, 0.25) is 0 Å². The minimum Gasteiger partial charge on any atom is -0.444 e. The van der Waals surface area contributed by atoms with E-state index in [1.54, 1.807) is 25.7 Å². The number of amides is 1. The van der Waals surface area contributed by atoms with Crippen molar-refractivity contribution in [2.75, 3.05) is 18.0 Å². The third kappa shape index (κ3) is 4.52. The summed E-state index contributed by atoms with van der Waals surface area (Å²) < 4.78 is 18.4. The summed E-state index contributed by atoms with van der Waals surface area (Å²) in [5, 5.41) is 12.5. The molecule has 22 heavy (non-hydrogen) atoms. The maximum atomic E-state index is 13.2. The lowest BCUT2D eigenvalue weighted by Crippen LogP contribution is -2.42. The lowest BCUT2D eigenvalue weighted by Gasteiger charge is -2.26. The van der Waals surface area contributed by atoms with Crippen LogP contribution in [-0.2, 0) is 4.74 Å². The number of ether oxygens (including phenoxy) is 1. The van der Waals surface area contributed by atoms with Crippen molar-refractivity contribution >= 4 is 11.9 Å². The molecule has 1 aliphatic heterocycles. The number of hydrogen-bond acceptors (Lipinski definition) is 6. The molecule has 1 amide bonds. The van der Waals surface area contributed by atoms with E-state index >= 15 is 0 Å². The van der Waals surface area contributed by atoms with Crippen LogP contribution >= 0.6 is 0 Å². The molecule has 0 bridgehead atoms. The molecule has 1 aromatic rings. The number of anilines is 1. The Hall–Kier alpha value is -1.96. The normalized spacial score (nSPS) is 21.8. The molecule has 0 saturated carbocycles. The van der Waals surface area contributed by atoms with Crippen LogP contribution in [0.15, 0.2) is 12.4 Å². The van der Waals surface area contributed by atoms with Crippen molar-refractivity contribution in [1.82, 2.24) is 15.3 Å². The fourth-order valence-electron chi connectivity index (χ4n) is 2.36. The zero-order valence-corrected chi connectivity index (χ0v) is 12.9. The van der Waals surface area contributed by atoms with Gasteiger partial charge < -0.3 is 20.1 Å². The highest BCUT2D eigenvalue weighted by atomic mass is 19.1. The summed E-state index contributed by atoms with van der Waals surface area (Å²) in [5.41, 5.74) is -0.575. The van der Waals surface area contributed by atoms with Crippen LogP contribution in [0.3, 0.4) is 0 Å². The molecule has 1 aromatic heterocycles. The number of nitrogens with one attached hydrogen (secondary N) is 1. The number of alkyl carbamates (subject to hydrolysis) is 1. The van der Waals surface area contributed by atoms with E-state index in [1.807, 2.05) is 0 Å². The van der Waals surface area contributed by atoms with Crippen molar-refractivity contribution in [2.45, 2.75) is 44.9 Å². The fraction of sp³-hybridized carbons (Fsp3) is 0.643. The molecule has 2 heterocycles. The summed E-state index contributed by atoms with van der Waals surface area (Å²) in [4.78, 5) is 20.9. The molecule has 0 radical (unpaired) electrons. The molecule has 1 saturated heterocycles. The Labute approximate surface area is 128 Å². The predicted molar refractivity (Wildman–Crippen MR) is 78.0 cm³/mol. The molecule has 0 aromatic carbocycles. The number of rotatable bonds is 3. The summed E-state index contributed by atoms with van der Waals surface area (Å²) in [6.07, 6.45) is 0.515. The third-order valence-electron chi connectivity index (χ3n) is 3.19. The van der Waals surface area contributed by atoms with E-state index < -0.39 is 23.7 Å². The number of carbonyl (C=O) groups is 1. The molecule has 8 heteroatoms. The highest BCUT2D eigenvalue weighted by Crippen LogP contribution is 2.23. The van der Waals surface area contributed by atoms with Gasteiger partial charge in [0, 0.05) is 19.2 Å². The first-order chi connectivity index (χ1) is 10.2. The Kier molecular flexibility index (Phi) is 4.80. The van der Waals surface area contributed by atoms with Crippen molar-refractivity contribution in [3.8, 4) is 0 Å². The second kappa shape index (κ2) is 6.43. The van der Waals surface area contributed by atoms with Gasteiger partial charge in [0.2, 0.25) is 5.95 Å². The van der Waals surface area contributed by atoms with Crippen LogP contribution in [0.1, 0.15) is 27.2 Å². The number of aromatic nitrogens is 2. The van der Waals surface area contributed by atoms with E-state index in [0.29, 0.717) is 18.8 Å². The highest BCUT2D eigenvalue weighted by molar-refractivity contribution is 5.67. The van der Waals surface area contributed by atoms with Crippen molar-refractivity contribution in [3.63, 3.8) is 0 Å². The summed E-state index contributed by atoms with van der Waals surface area (Å²) in [5.74, 6) is -0.245. The molecule has 0 unspecified atom stereocenters. The summed E-state index contributed by atoms with van der Waals surface area (Å²) in [6, 6.07) is 1.02. The lowest BCUT2D eigenvalue weighted by molar-refractivity contribution is 0.0523. The largest absolute Gasteiger partial charge is 0.444 e. The predicted octanol–water partition coefficient (Wildman–Crippen LogP) is 1.08. The van der Waals surface area contributed by atoms with Gasteiger partial charge in [-0.15, -0.1) is 0 Å². The molecule has 2 N–H and O–H groups in total. The molecule has 1 fully saturated rings. The molecule has 2 rings (SSSR count). The second-order valence-electron chi connectivity index (χ2n) is 6.28. The zero-order chi connectivity index (χ0) is 16.3. The molecular formula is C14H21FN4O3. The van der Waals surface area contributed by atoms with Crippen molar-refractivity contribution < 1.29 is 19.0 Å². The van der Waals surface area contributed by atoms with Gasteiger partial charge in [0.1, 0.15) is 17.7 Å². The highest BCUT2D eigenvalue weighted by Gasteiger charge is 2.32. The van der Waals surface area contributed by atoms with Crippen molar-refractivity contribution in [2.24, 2.45) is 0 Å². The summed E-state index contributed by atoms with van der Waals surface area (Å²) in [7, 11) is 0. The van der Waals surface area contributed by atoms with Gasteiger partial charge in [-0.05, 0) is 27.2 Å². The number of β-amino-alcohol motifs (C(OH)–C–C–N with tert-alkyl or cyclic N) is 1. The van der Waals surface area contributed by atoms with E-state index in [2.05, 4.69) is 15.3 Å². The molecule has 0 aliphatic carbocycles. The molecule has 7 nitrogen and oxygen atoms in total. The Morgan fingerprint density at radius 2 is 2.27 bits per heavy atom. The van der Waals surface area contributed by atoms with Crippen LogP contribution in [0, 0.1) is 5.95 Å². The summed E-state index contributed by atoms with van der Waals surface area (Å²) >= 11 is 0. The first kappa shape index (κ1) is 16.4. The molecule has 1 aliphatic rings. The molecule has 0 spiro atoms. The van der Waals surface area contributed by atoms with Gasteiger partial charge in [-0.1, -0.05) is 0 Å². The summed E-state index contributed by atoms with van der Waals surface area (Å²) in [6.45, 7) is 5.94. The quantitative estimate of drug-likeness (QED) is 0.812. The SMILES string of the molecule is CC(C)(C)OC(=O)NC[C@H]1C[C@@H](O)CN1c1cc(F)ncn1. The van der Waals surface area contributed by atoms with Crippen LogP contribution in [0.25, 0.3) is 0 Å². The van der Waals surface area contributed by atoms with Gasteiger partial charge in [-0.2, -0.15) is 4.39 Å². The topological polar surface area (TPSA) is 87.6 Å². The van der Waals surface area contributed by atoms with Crippen molar-refractivity contribution in [1.29, 1.82) is 0 Å². The number of hydrogen-bond donors (Lipinski definition) is 2. The van der Waals surface area contributed by atoms with Gasteiger partial charge in [0.05, 0.1) is 12.1 Å². The van der Waals surface area contributed by atoms with Gasteiger partial charge in [0.15, 0.2) is 0 Å². The fourth-order valence-corrected chi connectivity index (χ4v) is 2.36. The Bertz CT molecular complexity index is 535. The number of aliphatic hydroxyl groups is 1. The lowest BCUT2D eigenvalue weighted by atomic mass is 10.2. The Morgan fingerprint density at radius 1 is 1.55 bits per heavy atom. The number of halogens is 1. The average molecular weight is 312 g/mol. The standard InChI is InChI=1S/C14H21FN4O3/c1-14(2,3)22-13(21)16-6-9-4-10(20)7-19(9)12-5-11(15)17-8-18-12/h5,8-10,20H,4,6-7H2,1-3H3,(H,16,21)/t9-,10-/m1/s1. The molecule has 2 atom stereocenters. The number of nitrogens with zero attached hydrogens (tertiary/aromatic N) is 3. The first-order valence-corrected chi connectivity index (χ1v) is 7.14. The van der Waals surface area contributed by atoms with Gasteiger partial charge in [0.25, 0.3) is 0 Å². The maximum absolute atomic E-state index is 13.2. The van der Waals surface area contributed by atoms with Crippen LogP contribution < -0.4 is 10.2 Å². The van der Waals surface area contributed by atoms with E-state index in [4.69, 9.17) is 4.74 Å². The van der Waals surface area contributed by atoms with Crippen molar-refractivity contribution in [3.05, 3.63) is 18.3 Å². The first-order valence-electron chi connectivity index (χ1n) is 7.14. The maximum Gasteiger partial charge on any atom is 0.407 e. The smallest absolute Gasteiger partial charge is 0.407 e. The van der Waals surface area contributed by atoms with Crippen LogP contribution in [0.4, 0.5) is 15.0 Å². The minimum absolute atomic E-state index is 0.184. The van der Waals surface area contributed by atoms with E-state index in [-0.39, 0.29) is 12.6 Å². The average Bonchev–Trinajstić information content (AvgIpc) is 2.76. The Morgan fingerprint density at radius 3 is 2.91 bits per heavy atom. The van der Waals surface area contributed by atoms with E-state index in [0.717, 1.165) is 6.33 Å². The molecular weight excluding hydrogens is 291 g/mol. The van der Waals surface area contributed by atoms with Gasteiger partial charge in [-0.25, -0.2) is 14.8 Å². The number of carbonyl (C=O) groups excluding carboxylic acids is 1. The number of aliphatic hydroxyl groups excluding tert-OH is 1. The minimum atomic E-state index is -0.634. The second-order valence-corrected chi connectivity index (χ2v) is 6.28. The zero-order valence-electron chi connectivity index (χ0n) is 12.9. The van der Waals surface area contributed by atoms with E-state index in [1.165, 1.54) is 6.07 Å². The van der Waals surface area contributed by atoms with Crippen LogP contribution in [-0.4, -0.2) is 52.0 Å². The monoisotopic (exact) mass is 312 g/mol. The Balaban J connectivity index is 1.98. The molecule has 122 valence electrons. The van der Waals surface area contributed by atoms with Gasteiger partial charge >= 0.3 is 6.09 Å². The third-order valence-corrected chi connectivity index (χ3v) is 3.19. The van der Waals surface area contributed by atoms with E-state index in [9.17, 15) is 14.3 Å². The van der Waals surface area contributed by atoms with Gasteiger partial charge in [-0.3, -0.25) is 0 Å². The van der Waals surface area contributed by atoms with Crippen LogP contribution in [0.5, 0.6) is 0 Å².